The molecule has 0 bridgehead atoms. The number of nitrogens with zero attached hydrogens (tertiary/aromatic N) is 2. The van der Waals surface area contributed by atoms with E-state index in [4.69, 9.17) is 4.74 Å². The summed E-state index contributed by atoms with van der Waals surface area (Å²) < 4.78 is 6.76. The molecule has 1 saturated heterocycles. The van der Waals surface area contributed by atoms with Gasteiger partial charge in [-0.25, -0.2) is 0 Å². The topological polar surface area (TPSA) is 70.4 Å². The summed E-state index contributed by atoms with van der Waals surface area (Å²) in [5.74, 6) is 0.475. The van der Waals surface area contributed by atoms with Gasteiger partial charge in [0, 0.05) is 12.1 Å². The van der Waals surface area contributed by atoms with Crippen molar-refractivity contribution in [3.8, 4) is 11.8 Å². The maximum absolute atomic E-state index is 12.5. The van der Waals surface area contributed by atoms with E-state index in [1.165, 1.54) is 4.90 Å². The van der Waals surface area contributed by atoms with E-state index in [1.54, 1.807) is 12.1 Å². The normalized spacial score (nSPS) is 15.1. The Hall–Kier alpha value is -2.31. The highest BCUT2D eigenvalue weighted by Crippen LogP contribution is 2.33. The Kier molecular flexibility index (Phi) is 7.34. The number of ether oxygens (including phenoxy) is 1. The first-order chi connectivity index (χ1) is 14.0. The third kappa shape index (κ3) is 5.19. The van der Waals surface area contributed by atoms with Crippen LogP contribution in [0, 0.1) is 14.9 Å². The highest BCUT2D eigenvalue weighted by Gasteiger charge is 2.34. The van der Waals surface area contributed by atoms with Gasteiger partial charge in [0.2, 0.25) is 0 Å². The molecule has 29 heavy (non-hydrogen) atoms. The first-order valence-electron chi connectivity index (χ1n) is 9.19. The first-order valence-corrected chi connectivity index (χ1v) is 11.1. The summed E-state index contributed by atoms with van der Waals surface area (Å²) in [5, 5.41) is 8.97. The van der Waals surface area contributed by atoms with Crippen LogP contribution in [0.2, 0.25) is 0 Å². The summed E-state index contributed by atoms with van der Waals surface area (Å²) in [6, 6.07) is 15.1. The van der Waals surface area contributed by atoms with Crippen LogP contribution in [0.1, 0.15) is 36.5 Å². The number of amides is 2. The van der Waals surface area contributed by atoms with Gasteiger partial charge in [0.05, 0.1) is 20.1 Å². The van der Waals surface area contributed by atoms with Crippen molar-refractivity contribution in [3.05, 3.63) is 67.6 Å². The quantitative estimate of drug-likeness (QED) is 0.354. The average Bonchev–Trinajstić information content (AvgIpc) is 2.98. The number of hydrogen-bond acceptors (Lipinski definition) is 5. The lowest BCUT2D eigenvalue weighted by Gasteiger charge is -2.11. The highest BCUT2D eigenvalue weighted by atomic mass is 127. The number of hydrogen-bond donors (Lipinski definition) is 0. The van der Waals surface area contributed by atoms with Crippen LogP contribution in [0.5, 0.6) is 5.75 Å². The minimum Gasteiger partial charge on any atom is -0.488 e. The van der Waals surface area contributed by atoms with Crippen molar-refractivity contribution in [2.45, 2.75) is 26.4 Å². The molecule has 0 saturated carbocycles. The van der Waals surface area contributed by atoms with Crippen molar-refractivity contribution in [1.29, 1.82) is 5.26 Å². The van der Waals surface area contributed by atoms with Crippen LogP contribution in [0.25, 0.3) is 6.08 Å². The summed E-state index contributed by atoms with van der Waals surface area (Å²) in [7, 11) is 0. The molecule has 5 nitrogen and oxygen atoms in total. The van der Waals surface area contributed by atoms with E-state index in [2.05, 4.69) is 28.7 Å². The van der Waals surface area contributed by atoms with E-state index in [1.807, 2.05) is 43.3 Å². The summed E-state index contributed by atoms with van der Waals surface area (Å²) in [6.07, 6.45) is 3.48. The van der Waals surface area contributed by atoms with Crippen molar-refractivity contribution in [1.82, 2.24) is 4.90 Å². The van der Waals surface area contributed by atoms with Gasteiger partial charge in [0.1, 0.15) is 12.4 Å². The predicted molar refractivity (Wildman–Crippen MR) is 122 cm³/mol. The van der Waals surface area contributed by atoms with Crippen LogP contribution >= 0.6 is 34.4 Å². The van der Waals surface area contributed by atoms with Crippen LogP contribution < -0.4 is 4.74 Å². The third-order valence-corrected chi connectivity index (χ3v) is 6.13. The molecule has 2 aromatic rings. The van der Waals surface area contributed by atoms with Gasteiger partial charge in [-0.1, -0.05) is 37.6 Å². The number of halogens is 1. The zero-order chi connectivity index (χ0) is 20.8. The fourth-order valence-corrected chi connectivity index (χ4v) is 4.36. The largest absolute Gasteiger partial charge is 0.488 e. The van der Waals surface area contributed by atoms with Crippen molar-refractivity contribution < 1.29 is 14.3 Å². The molecule has 0 atom stereocenters. The number of thioether (sulfide) groups is 1. The Morgan fingerprint density at radius 2 is 2.03 bits per heavy atom. The maximum Gasteiger partial charge on any atom is 0.293 e. The van der Waals surface area contributed by atoms with Gasteiger partial charge in [0.25, 0.3) is 11.1 Å². The smallest absolute Gasteiger partial charge is 0.293 e. The Balaban J connectivity index is 1.71. The summed E-state index contributed by atoms with van der Waals surface area (Å²) in [4.78, 5) is 26.3. The van der Waals surface area contributed by atoms with Gasteiger partial charge in [-0.05, 0) is 70.6 Å². The number of nitriles is 1. The number of benzene rings is 2. The highest BCUT2D eigenvalue weighted by molar-refractivity contribution is 14.1. The molecular formula is C22H19IN2O3S. The van der Waals surface area contributed by atoms with Gasteiger partial charge in [0.15, 0.2) is 0 Å². The molecule has 1 aliphatic heterocycles. The number of carbonyl (C=O) groups excluding carboxylic acids is 2. The van der Waals surface area contributed by atoms with Gasteiger partial charge >= 0.3 is 0 Å². The molecule has 3 rings (SSSR count). The lowest BCUT2D eigenvalue weighted by Crippen LogP contribution is -2.29. The van der Waals surface area contributed by atoms with Crippen molar-refractivity contribution in [2.75, 3.05) is 6.54 Å². The van der Waals surface area contributed by atoms with E-state index in [-0.39, 0.29) is 11.1 Å². The molecule has 1 aliphatic rings. The molecule has 0 aliphatic carbocycles. The molecule has 0 N–H and O–H groups in total. The van der Waals surface area contributed by atoms with Crippen LogP contribution in [-0.2, 0) is 11.4 Å². The molecular weight excluding hydrogens is 499 g/mol. The van der Waals surface area contributed by atoms with Gasteiger partial charge < -0.3 is 4.74 Å². The maximum atomic E-state index is 12.5. The van der Waals surface area contributed by atoms with Crippen molar-refractivity contribution >= 4 is 51.6 Å². The van der Waals surface area contributed by atoms with E-state index in [0.29, 0.717) is 29.4 Å². The van der Waals surface area contributed by atoms with E-state index >= 15 is 0 Å². The minimum absolute atomic E-state index is 0.208. The zero-order valence-corrected chi connectivity index (χ0v) is 18.8. The second-order valence-electron chi connectivity index (χ2n) is 6.43. The second-order valence-corrected chi connectivity index (χ2v) is 8.59. The van der Waals surface area contributed by atoms with Gasteiger partial charge in [-0.2, -0.15) is 5.26 Å². The van der Waals surface area contributed by atoms with Crippen LogP contribution in [0.4, 0.5) is 4.79 Å². The second kappa shape index (κ2) is 9.94. The summed E-state index contributed by atoms with van der Waals surface area (Å²) >= 11 is 3.16. The predicted octanol–water partition coefficient (Wildman–Crippen LogP) is 5.58. The molecule has 7 heteroatoms. The zero-order valence-electron chi connectivity index (χ0n) is 15.9. The molecule has 1 heterocycles. The SMILES string of the molecule is CCCCN1C(=O)S/C(=C\c2ccc(OCc3ccccc3C#N)c(I)c2)C1=O. The molecule has 0 aromatic heterocycles. The molecule has 1 fully saturated rings. The van der Waals surface area contributed by atoms with Crippen LogP contribution in [0.15, 0.2) is 47.4 Å². The Morgan fingerprint density at radius 1 is 1.24 bits per heavy atom. The monoisotopic (exact) mass is 518 g/mol. The minimum atomic E-state index is -0.225. The molecule has 2 aromatic carbocycles. The standard InChI is InChI=1S/C22H19IN2O3S/c1-2-3-10-25-21(26)20(29-22(25)27)12-15-8-9-19(18(23)11-15)28-14-17-7-5-4-6-16(17)13-24/h4-9,11-12H,2-3,10,14H2,1H3/b20-12-. The number of unbranched alkanes of at least 4 members (excludes halogenated alkanes) is 1. The van der Waals surface area contributed by atoms with E-state index < -0.39 is 0 Å². The van der Waals surface area contributed by atoms with Gasteiger partial charge in [-0.15, -0.1) is 0 Å². The fraction of sp³-hybridized carbons (Fsp3) is 0.227. The Labute approximate surface area is 187 Å². The molecule has 148 valence electrons. The van der Waals surface area contributed by atoms with Crippen molar-refractivity contribution in [2.24, 2.45) is 0 Å². The van der Waals surface area contributed by atoms with Crippen molar-refractivity contribution in [3.63, 3.8) is 0 Å². The lowest BCUT2D eigenvalue weighted by atomic mass is 10.1. The Bertz CT molecular complexity index is 1010. The molecule has 2 amide bonds. The molecule has 0 radical (unpaired) electrons. The summed E-state index contributed by atoms with van der Waals surface area (Å²) in [6.45, 7) is 2.79. The molecule has 0 spiro atoms. The number of rotatable bonds is 7. The van der Waals surface area contributed by atoms with Crippen LogP contribution in [0.3, 0.4) is 0 Å². The third-order valence-electron chi connectivity index (χ3n) is 4.38. The number of carbonyl (C=O) groups is 2. The van der Waals surface area contributed by atoms with E-state index in [9.17, 15) is 14.9 Å². The summed E-state index contributed by atoms with van der Waals surface area (Å²) in [5.41, 5.74) is 2.26. The van der Waals surface area contributed by atoms with E-state index in [0.717, 1.165) is 39.3 Å². The van der Waals surface area contributed by atoms with Gasteiger partial charge in [-0.3, -0.25) is 14.5 Å². The fourth-order valence-electron chi connectivity index (χ4n) is 2.80. The Morgan fingerprint density at radius 3 is 2.76 bits per heavy atom. The molecule has 0 unspecified atom stereocenters. The number of imide groups is 1. The average molecular weight is 518 g/mol. The van der Waals surface area contributed by atoms with Crippen LogP contribution in [-0.4, -0.2) is 22.6 Å². The lowest BCUT2D eigenvalue weighted by molar-refractivity contribution is -0.122. The first kappa shape index (κ1) is 21.4.